The lowest BCUT2D eigenvalue weighted by Crippen LogP contribution is -2.29. The van der Waals surface area contributed by atoms with E-state index in [4.69, 9.17) is 5.73 Å². The van der Waals surface area contributed by atoms with Gasteiger partial charge in [0.25, 0.3) is 0 Å². The van der Waals surface area contributed by atoms with Crippen LogP contribution < -0.4 is 5.73 Å². The van der Waals surface area contributed by atoms with Gasteiger partial charge < -0.3 is 5.73 Å². The van der Waals surface area contributed by atoms with E-state index >= 15 is 0 Å². The van der Waals surface area contributed by atoms with Gasteiger partial charge in [0.1, 0.15) is 0 Å². The molecule has 4 nitrogen and oxygen atoms in total. The fraction of sp³-hybridized carbons (Fsp3) is 0.833. The van der Waals surface area contributed by atoms with Gasteiger partial charge in [0.15, 0.2) is 0 Å². The standard InChI is InChI=1S/C12H22N4/c1-9-4-11(6-12(2,3)5-9)16-8-10(7-13)14-15-16/h8-9,11H,4-7,13H2,1-3H3. The first-order valence-electron chi connectivity index (χ1n) is 6.11. The maximum Gasteiger partial charge on any atom is 0.0962 e. The van der Waals surface area contributed by atoms with Crippen molar-refractivity contribution in [1.29, 1.82) is 0 Å². The van der Waals surface area contributed by atoms with Gasteiger partial charge in [0.05, 0.1) is 17.9 Å². The molecule has 0 spiro atoms. The van der Waals surface area contributed by atoms with Crippen molar-refractivity contribution in [2.24, 2.45) is 17.1 Å². The minimum absolute atomic E-state index is 0.414. The summed E-state index contributed by atoms with van der Waals surface area (Å²) in [6.07, 6.45) is 5.70. The molecule has 0 saturated heterocycles. The van der Waals surface area contributed by atoms with Crippen LogP contribution in [0.15, 0.2) is 6.20 Å². The van der Waals surface area contributed by atoms with Crippen LogP contribution in [0.1, 0.15) is 51.8 Å². The molecule has 2 atom stereocenters. The van der Waals surface area contributed by atoms with Crippen LogP contribution in [-0.2, 0) is 6.54 Å². The van der Waals surface area contributed by atoms with Gasteiger partial charge in [-0.1, -0.05) is 26.0 Å². The van der Waals surface area contributed by atoms with Gasteiger partial charge in [-0.25, -0.2) is 4.68 Å². The van der Waals surface area contributed by atoms with Crippen molar-refractivity contribution < 1.29 is 0 Å². The molecule has 2 unspecified atom stereocenters. The van der Waals surface area contributed by atoms with Crippen LogP contribution in [0.4, 0.5) is 0 Å². The normalized spacial score (nSPS) is 29.2. The molecule has 1 aliphatic rings. The zero-order valence-corrected chi connectivity index (χ0v) is 10.5. The Balaban J connectivity index is 2.14. The molecule has 4 heteroatoms. The lowest BCUT2D eigenvalue weighted by atomic mass is 9.71. The monoisotopic (exact) mass is 222 g/mol. The molecule has 16 heavy (non-hydrogen) atoms. The topological polar surface area (TPSA) is 56.7 Å². The van der Waals surface area contributed by atoms with E-state index in [0.717, 1.165) is 11.6 Å². The summed E-state index contributed by atoms with van der Waals surface area (Å²) in [5, 5.41) is 8.27. The van der Waals surface area contributed by atoms with E-state index in [9.17, 15) is 0 Å². The molecule has 2 N–H and O–H groups in total. The van der Waals surface area contributed by atoms with Crippen LogP contribution in [0.3, 0.4) is 0 Å². The third kappa shape index (κ3) is 2.43. The molecule has 1 saturated carbocycles. The van der Waals surface area contributed by atoms with E-state index in [-0.39, 0.29) is 0 Å². The summed E-state index contributed by atoms with van der Waals surface area (Å²) < 4.78 is 2.01. The Bertz CT molecular complexity index is 356. The maximum absolute atomic E-state index is 5.56. The predicted molar refractivity (Wildman–Crippen MR) is 63.7 cm³/mol. The fourth-order valence-electron chi connectivity index (χ4n) is 3.08. The summed E-state index contributed by atoms with van der Waals surface area (Å²) in [7, 11) is 0. The van der Waals surface area contributed by atoms with Gasteiger partial charge in [0.2, 0.25) is 0 Å². The molecule has 0 aliphatic heterocycles. The summed E-state index contributed by atoms with van der Waals surface area (Å²) in [6.45, 7) is 7.49. The third-order valence-corrected chi connectivity index (χ3v) is 3.50. The van der Waals surface area contributed by atoms with Gasteiger partial charge in [-0.15, -0.1) is 5.10 Å². The third-order valence-electron chi connectivity index (χ3n) is 3.50. The first-order valence-corrected chi connectivity index (χ1v) is 6.11. The Hall–Kier alpha value is -0.900. The zero-order valence-electron chi connectivity index (χ0n) is 10.5. The van der Waals surface area contributed by atoms with Crippen molar-refractivity contribution in [3.63, 3.8) is 0 Å². The van der Waals surface area contributed by atoms with Crippen molar-refractivity contribution >= 4 is 0 Å². The average Bonchev–Trinajstić information content (AvgIpc) is 2.62. The number of aromatic nitrogens is 3. The van der Waals surface area contributed by atoms with E-state index in [1.165, 1.54) is 19.3 Å². The quantitative estimate of drug-likeness (QED) is 0.834. The highest BCUT2D eigenvalue weighted by atomic mass is 15.4. The first-order chi connectivity index (χ1) is 7.50. The number of nitrogens with two attached hydrogens (primary N) is 1. The van der Waals surface area contributed by atoms with E-state index in [0.29, 0.717) is 18.0 Å². The van der Waals surface area contributed by atoms with Crippen LogP contribution in [0.5, 0.6) is 0 Å². The SMILES string of the molecule is CC1CC(n2cc(CN)nn2)CC(C)(C)C1. The molecule has 0 aromatic carbocycles. The smallest absolute Gasteiger partial charge is 0.0962 e. The molecule has 0 amide bonds. The van der Waals surface area contributed by atoms with Crippen LogP contribution in [-0.4, -0.2) is 15.0 Å². The molecule has 0 radical (unpaired) electrons. The van der Waals surface area contributed by atoms with Crippen LogP contribution in [0.25, 0.3) is 0 Å². The minimum atomic E-state index is 0.414. The van der Waals surface area contributed by atoms with E-state index in [2.05, 4.69) is 31.1 Å². The summed E-state index contributed by atoms with van der Waals surface area (Å²) in [6, 6.07) is 0.492. The molecular weight excluding hydrogens is 200 g/mol. The lowest BCUT2D eigenvalue weighted by molar-refractivity contribution is 0.129. The predicted octanol–water partition coefficient (Wildman–Crippen LogP) is 2.12. The molecule has 90 valence electrons. The van der Waals surface area contributed by atoms with Gasteiger partial charge in [-0.2, -0.15) is 0 Å². The van der Waals surface area contributed by atoms with Crippen molar-refractivity contribution in [3.8, 4) is 0 Å². The van der Waals surface area contributed by atoms with E-state index in [1.807, 2.05) is 10.9 Å². The number of rotatable bonds is 2. The second kappa shape index (κ2) is 4.17. The van der Waals surface area contributed by atoms with Crippen LogP contribution in [0, 0.1) is 11.3 Å². The zero-order chi connectivity index (χ0) is 11.8. The Kier molecular flexibility index (Phi) is 3.02. The molecular formula is C12H22N4. The summed E-state index contributed by atoms with van der Waals surface area (Å²) in [4.78, 5) is 0. The Morgan fingerprint density at radius 3 is 2.81 bits per heavy atom. The van der Waals surface area contributed by atoms with Crippen molar-refractivity contribution in [1.82, 2.24) is 15.0 Å². The molecule has 1 aromatic rings. The summed E-state index contributed by atoms with van der Waals surface area (Å²) in [5.41, 5.74) is 6.86. The lowest BCUT2D eigenvalue weighted by Gasteiger charge is -2.38. The van der Waals surface area contributed by atoms with Gasteiger partial charge in [-0.05, 0) is 30.6 Å². The molecule has 1 aromatic heterocycles. The fourth-order valence-corrected chi connectivity index (χ4v) is 3.08. The van der Waals surface area contributed by atoms with E-state index in [1.54, 1.807) is 0 Å². The molecule has 1 fully saturated rings. The Morgan fingerprint density at radius 2 is 2.25 bits per heavy atom. The maximum atomic E-state index is 5.56. The molecule has 2 rings (SSSR count). The molecule has 0 bridgehead atoms. The van der Waals surface area contributed by atoms with Crippen molar-refractivity contribution in [3.05, 3.63) is 11.9 Å². The number of hydrogen-bond acceptors (Lipinski definition) is 3. The van der Waals surface area contributed by atoms with Crippen LogP contribution >= 0.6 is 0 Å². The van der Waals surface area contributed by atoms with Gasteiger partial charge >= 0.3 is 0 Å². The highest BCUT2D eigenvalue weighted by molar-refractivity contribution is 4.94. The van der Waals surface area contributed by atoms with Crippen molar-refractivity contribution in [2.45, 2.75) is 52.6 Å². The average molecular weight is 222 g/mol. The second-order valence-corrected chi connectivity index (χ2v) is 5.96. The van der Waals surface area contributed by atoms with Gasteiger partial charge in [-0.3, -0.25) is 0 Å². The number of nitrogens with zero attached hydrogens (tertiary/aromatic N) is 3. The Labute approximate surface area is 97.2 Å². The van der Waals surface area contributed by atoms with Crippen molar-refractivity contribution in [2.75, 3.05) is 0 Å². The van der Waals surface area contributed by atoms with Gasteiger partial charge in [0, 0.05) is 6.54 Å². The number of hydrogen-bond donors (Lipinski definition) is 1. The first kappa shape index (κ1) is 11.6. The summed E-state index contributed by atoms with van der Waals surface area (Å²) in [5.74, 6) is 0.763. The highest BCUT2D eigenvalue weighted by Gasteiger charge is 2.33. The molecule has 1 heterocycles. The van der Waals surface area contributed by atoms with Crippen LogP contribution in [0.2, 0.25) is 0 Å². The largest absolute Gasteiger partial charge is 0.325 e. The Morgan fingerprint density at radius 1 is 1.50 bits per heavy atom. The molecule has 1 aliphatic carbocycles. The second-order valence-electron chi connectivity index (χ2n) is 5.96. The van der Waals surface area contributed by atoms with E-state index < -0.39 is 0 Å². The highest BCUT2D eigenvalue weighted by Crippen LogP contribution is 2.43. The minimum Gasteiger partial charge on any atom is -0.325 e. The summed E-state index contributed by atoms with van der Waals surface area (Å²) >= 11 is 0.